The maximum atomic E-state index is 9.40. The largest absolute Gasteiger partial charge is 0.371 e. The summed E-state index contributed by atoms with van der Waals surface area (Å²) >= 11 is 0. The molecule has 1 aromatic carbocycles. The van der Waals surface area contributed by atoms with Gasteiger partial charge in [0.25, 0.3) is 5.70 Å². The van der Waals surface area contributed by atoms with E-state index in [9.17, 15) is 5.26 Å². The van der Waals surface area contributed by atoms with Crippen molar-refractivity contribution in [2.24, 2.45) is 17.3 Å². The first-order chi connectivity index (χ1) is 14.0. The maximum absolute atomic E-state index is 9.40. The van der Waals surface area contributed by atoms with Crippen LogP contribution in [0.5, 0.6) is 0 Å². The minimum Gasteiger partial charge on any atom is -0.371 e. The minimum absolute atomic E-state index is 0.124. The Bertz CT molecular complexity index is 1010. The van der Waals surface area contributed by atoms with E-state index in [2.05, 4.69) is 60.0 Å². The van der Waals surface area contributed by atoms with Crippen LogP contribution in [-0.2, 0) is 12.8 Å². The summed E-state index contributed by atoms with van der Waals surface area (Å²) < 4.78 is 0. The number of nitriles is 1. The molecule has 2 heterocycles. The Morgan fingerprint density at radius 1 is 1.17 bits per heavy atom. The van der Waals surface area contributed by atoms with Gasteiger partial charge in [0.05, 0.1) is 12.6 Å². The van der Waals surface area contributed by atoms with Gasteiger partial charge in [0.1, 0.15) is 0 Å². The van der Waals surface area contributed by atoms with Gasteiger partial charge in [-0.2, -0.15) is 0 Å². The Morgan fingerprint density at radius 3 is 2.45 bits per heavy atom. The van der Waals surface area contributed by atoms with E-state index in [-0.39, 0.29) is 11.1 Å². The number of anilines is 1. The lowest BCUT2D eigenvalue weighted by Crippen LogP contribution is -2.49. The van der Waals surface area contributed by atoms with Crippen LogP contribution in [0.3, 0.4) is 0 Å². The van der Waals surface area contributed by atoms with Gasteiger partial charge in [0.2, 0.25) is 0 Å². The van der Waals surface area contributed by atoms with Crippen LogP contribution >= 0.6 is 0 Å². The van der Waals surface area contributed by atoms with Crippen molar-refractivity contribution in [2.45, 2.75) is 46.0 Å². The Morgan fingerprint density at radius 2 is 1.86 bits per heavy atom. The number of hydrogen-bond donors (Lipinski definition) is 0. The summed E-state index contributed by atoms with van der Waals surface area (Å²) in [5.41, 5.74) is 8.44. The van der Waals surface area contributed by atoms with Gasteiger partial charge in [0.15, 0.2) is 0 Å². The predicted octanol–water partition coefficient (Wildman–Crippen LogP) is 5.70. The second kappa shape index (κ2) is 6.64. The predicted molar refractivity (Wildman–Crippen MR) is 117 cm³/mol. The molecule has 2 unspecified atom stereocenters. The lowest BCUT2D eigenvalue weighted by atomic mass is 9.47. The molecule has 2 aliphatic heterocycles. The first-order valence-corrected chi connectivity index (χ1v) is 10.8. The van der Waals surface area contributed by atoms with Crippen LogP contribution in [0.15, 0.2) is 41.1 Å². The standard InChI is InChI=1S/C26H27N3/c1-26(2)22-15-23(26)21(24(16-27)28-3)14-18(22)9-8-17-12-19-6-4-10-29-11-5-7-20(13-17)25(19)29/h8-9,12-14,22-23H,4-7,10-11,15H2,1-2H3. The molecular formula is C26H27N3. The smallest absolute Gasteiger partial charge is 0.265 e. The molecule has 2 atom stereocenters. The Kier molecular flexibility index (Phi) is 4.18. The molecule has 5 aliphatic rings. The fourth-order valence-corrected chi connectivity index (χ4v) is 6.07. The summed E-state index contributed by atoms with van der Waals surface area (Å²) in [7, 11) is 0. The topological polar surface area (TPSA) is 31.4 Å². The molecule has 6 rings (SSSR count). The molecule has 3 nitrogen and oxygen atoms in total. The summed E-state index contributed by atoms with van der Waals surface area (Å²) in [4.78, 5) is 6.08. The number of hydrogen-bond acceptors (Lipinski definition) is 2. The molecule has 1 fully saturated rings. The molecule has 1 aromatic rings. The zero-order valence-corrected chi connectivity index (χ0v) is 17.3. The normalized spacial score (nSPS) is 28.0. The highest BCUT2D eigenvalue weighted by Gasteiger charge is 2.53. The summed E-state index contributed by atoms with van der Waals surface area (Å²) in [6, 6.07) is 6.87. The van der Waals surface area contributed by atoms with Crippen LogP contribution in [0.1, 0.15) is 49.8 Å². The lowest BCUT2D eigenvalue weighted by molar-refractivity contribution is 0.0261. The van der Waals surface area contributed by atoms with Crippen LogP contribution in [-0.4, -0.2) is 13.1 Å². The van der Waals surface area contributed by atoms with Crippen LogP contribution in [0.2, 0.25) is 0 Å². The van der Waals surface area contributed by atoms with Crippen molar-refractivity contribution in [1.29, 1.82) is 5.26 Å². The molecular weight excluding hydrogens is 354 g/mol. The maximum Gasteiger partial charge on any atom is 0.265 e. The molecule has 0 amide bonds. The van der Waals surface area contributed by atoms with Crippen LogP contribution in [0, 0.1) is 35.2 Å². The van der Waals surface area contributed by atoms with Crippen LogP contribution in [0.4, 0.5) is 5.69 Å². The number of rotatable bonds is 2. The third-order valence-electron chi connectivity index (χ3n) is 7.68. The molecule has 146 valence electrons. The summed E-state index contributed by atoms with van der Waals surface area (Å²) in [6.07, 6.45) is 12.6. The molecule has 1 saturated carbocycles. The second-order valence-electron chi connectivity index (χ2n) is 9.55. The molecule has 2 bridgehead atoms. The van der Waals surface area contributed by atoms with Crippen molar-refractivity contribution in [1.82, 2.24) is 0 Å². The monoisotopic (exact) mass is 381 g/mol. The Labute approximate surface area is 173 Å². The average Bonchev–Trinajstić information content (AvgIpc) is 2.73. The van der Waals surface area contributed by atoms with Crippen LogP contribution < -0.4 is 4.90 Å². The third-order valence-corrected chi connectivity index (χ3v) is 7.68. The fraction of sp³-hybridized carbons (Fsp3) is 0.462. The molecule has 0 N–H and O–H groups in total. The average molecular weight is 382 g/mol. The van der Waals surface area contributed by atoms with Crippen molar-refractivity contribution in [3.05, 3.63) is 69.2 Å². The van der Waals surface area contributed by atoms with Gasteiger partial charge in [-0.3, -0.25) is 0 Å². The first kappa shape index (κ1) is 18.3. The molecule has 29 heavy (non-hydrogen) atoms. The number of fused-ring (bicyclic) bond motifs is 1. The lowest BCUT2D eigenvalue weighted by Gasteiger charge is -2.57. The van der Waals surface area contributed by atoms with Crippen molar-refractivity contribution in [3.63, 3.8) is 0 Å². The van der Waals surface area contributed by atoms with Gasteiger partial charge in [-0.1, -0.05) is 32.1 Å². The first-order valence-electron chi connectivity index (χ1n) is 10.8. The van der Waals surface area contributed by atoms with Crippen molar-refractivity contribution < 1.29 is 0 Å². The number of allylic oxidation sites excluding steroid dienone is 5. The molecule has 0 radical (unpaired) electrons. The highest BCUT2D eigenvalue weighted by Crippen LogP contribution is 2.62. The summed E-state index contributed by atoms with van der Waals surface area (Å²) in [6.45, 7) is 14.4. The molecule has 0 saturated heterocycles. The summed E-state index contributed by atoms with van der Waals surface area (Å²) in [5, 5.41) is 9.40. The summed E-state index contributed by atoms with van der Waals surface area (Å²) in [5.74, 6) is 0.859. The van der Waals surface area contributed by atoms with Crippen molar-refractivity contribution in [2.75, 3.05) is 18.0 Å². The van der Waals surface area contributed by atoms with Crippen LogP contribution in [0.25, 0.3) is 10.9 Å². The van der Waals surface area contributed by atoms with Gasteiger partial charge in [-0.15, -0.1) is 0 Å². The minimum atomic E-state index is 0.124. The Balaban J connectivity index is 1.52. The van der Waals surface area contributed by atoms with Gasteiger partial charge in [-0.05, 0) is 89.3 Å². The van der Waals surface area contributed by atoms with E-state index in [4.69, 9.17) is 6.57 Å². The van der Waals surface area contributed by atoms with E-state index in [1.54, 1.807) is 0 Å². The molecule has 3 heteroatoms. The van der Waals surface area contributed by atoms with Crippen molar-refractivity contribution in [3.8, 4) is 6.07 Å². The third kappa shape index (κ3) is 2.76. The quantitative estimate of drug-likeness (QED) is 0.486. The van der Waals surface area contributed by atoms with E-state index in [1.165, 1.54) is 66.7 Å². The van der Waals surface area contributed by atoms with E-state index >= 15 is 0 Å². The number of benzene rings is 1. The molecule has 0 aromatic heterocycles. The van der Waals surface area contributed by atoms with Gasteiger partial charge >= 0.3 is 0 Å². The van der Waals surface area contributed by atoms with Crippen molar-refractivity contribution >= 4 is 11.8 Å². The van der Waals surface area contributed by atoms with E-state index in [0.29, 0.717) is 11.8 Å². The van der Waals surface area contributed by atoms with E-state index in [0.717, 1.165) is 12.0 Å². The SMILES string of the molecule is [C-]#[N+]C(C#N)=C1C=C(C=Cc2cc3c4c(c2)CCCN4CCC3)C2CC1C2(C)C. The van der Waals surface area contributed by atoms with Gasteiger partial charge in [0, 0.05) is 18.8 Å². The van der Waals surface area contributed by atoms with Gasteiger partial charge in [-0.25, -0.2) is 10.1 Å². The highest BCUT2D eigenvalue weighted by atomic mass is 15.1. The zero-order chi connectivity index (χ0) is 20.2. The highest BCUT2D eigenvalue weighted by molar-refractivity contribution is 5.69. The molecule has 3 aliphatic carbocycles. The second-order valence-corrected chi connectivity index (χ2v) is 9.55. The van der Waals surface area contributed by atoms with E-state index < -0.39 is 0 Å². The van der Waals surface area contributed by atoms with E-state index in [1.807, 2.05) is 0 Å². The fourth-order valence-electron chi connectivity index (χ4n) is 6.07. The number of nitrogens with zero attached hydrogens (tertiary/aromatic N) is 3. The Hall–Kier alpha value is -2.78. The van der Waals surface area contributed by atoms with Gasteiger partial charge < -0.3 is 4.90 Å². The zero-order valence-electron chi connectivity index (χ0n) is 17.3. The number of aryl methyl sites for hydroxylation is 2. The molecule has 0 spiro atoms.